The Morgan fingerprint density at radius 1 is 1.11 bits per heavy atom. The summed E-state index contributed by atoms with van der Waals surface area (Å²) in [7, 11) is 0. The fraction of sp³-hybridized carbons (Fsp3) is 0.897. The SMILES string of the molecule is CC(=O)O[C@H]1CC[C@@]2(C)[C@@H](CC[C@@H]3[C@@H]2CC(=O)[C@]2(C)[C@@H]4[C@H](C[C@@H]32)O[C@@]2(OC[C@H](C)C/C2=N/O)[C@H]4C)C1. The fourth-order valence-corrected chi connectivity index (χ4v) is 10.3. The molecule has 0 aromatic carbocycles. The smallest absolute Gasteiger partial charge is 0.302 e. The first-order valence-corrected chi connectivity index (χ1v) is 14.3. The van der Waals surface area contributed by atoms with Crippen molar-refractivity contribution in [1.82, 2.24) is 0 Å². The lowest BCUT2D eigenvalue weighted by Crippen LogP contribution is -2.59. The lowest BCUT2D eigenvalue weighted by Gasteiger charge is -2.60. The average Bonchev–Trinajstić information content (AvgIpc) is 3.28. The topological polar surface area (TPSA) is 94.4 Å². The van der Waals surface area contributed by atoms with Crippen LogP contribution >= 0.6 is 0 Å². The normalized spacial score (nSPS) is 55.1. The van der Waals surface area contributed by atoms with E-state index in [4.69, 9.17) is 14.2 Å². The number of oxime groups is 1. The zero-order chi connectivity index (χ0) is 25.6. The number of rotatable bonds is 1. The van der Waals surface area contributed by atoms with Gasteiger partial charge < -0.3 is 19.4 Å². The largest absolute Gasteiger partial charge is 0.463 e. The first-order chi connectivity index (χ1) is 17.0. The Bertz CT molecular complexity index is 981. The predicted octanol–water partition coefficient (Wildman–Crippen LogP) is 4.98. The molecule has 6 aliphatic rings. The summed E-state index contributed by atoms with van der Waals surface area (Å²) < 4.78 is 18.7. The summed E-state index contributed by atoms with van der Waals surface area (Å²) in [6.45, 7) is 11.0. The molecule has 36 heavy (non-hydrogen) atoms. The van der Waals surface area contributed by atoms with Crippen molar-refractivity contribution in [2.45, 2.75) is 104 Å². The molecule has 1 spiro atoms. The summed E-state index contributed by atoms with van der Waals surface area (Å²) in [6.07, 6.45) is 7.31. The van der Waals surface area contributed by atoms with Gasteiger partial charge in [0.1, 0.15) is 17.6 Å². The van der Waals surface area contributed by atoms with E-state index < -0.39 is 11.2 Å². The molecule has 2 aliphatic heterocycles. The van der Waals surface area contributed by atoms with Crippen molar-refractivity contribution in [2.75, 3.05) is 6.61 Å². The molecule has 0 aromatic heterocycles. The van der Waals surface area contributed by atoms with Crippen LogP contribution in [-0.2, 0) is 23.8 Å². The maximum absolute atomic E-state index is 14.2. The number of fused-ring (bicyclic) bond motifs is 7. The summed E-state index contributed by atoms with van der Waals surface area (Å²) in [5, 5.41) is 13.5. The van der Waals surface area contributed by atoms with Crippen LogP contribution in [0, 0.1) is 52.3 Å². The molecule has 7 nitrogen and oxygen atoms in total. The Hall–Kier alpha value is -1.47. The molecule has 4 saturated carbocycles. The maximum atomic E-state index is 14.2. The lowest BCUT2D eigenvalue weighted by molar-refractivity contribution is -0.216. The van der Waals surface area contributed by atoms with Gasteiger partial charge in [0, 0.05) is 30.6 Å². The van der Waals surface area contributed by atoms with Crippen LogP contribution in [0.2, 0.25) is 0 Å². The summed E-state index contributed by atoms with van der Waals surface area (Å²) in [5.41, 5.74) is 0.281. The monoisotopic (exact) mass is 501 g/mol. The lowest BCUT2D eigenvalue weighted by atomic mass is 9.44. The van der Waals surface area contributed by atoms with Crippen LogP contribution in [0.3, 0.4) is 0 Å². The molecular formula is C29H43NO6. The number of Topliss-reactive ketones (excluding diaryl/α,β-unsaturated/α-hetero) is 1. The number of esters is 1. The van der Waals surface area contributed by atoms with Gasteiger partial charge in [-0.15, -0.1) is 0 Å². The molecule has 0 radical (unpaired) electrons. The van der Waals surface area contributed by atoms with Crippen LogP contribution in [0.15, 0.2) is 5.16 Å². The van der Waals surface area contributed by atoms with Gasteiger partial charge in [0.2, 0.25) is 5.79 Å². The third-order valence-electron chi connectivity index (χ3n) is 12.0. The summed E-state index contributed by atoms with van der Waals surface area (Å²) in [5.74, 6) is 1.27. The zero-order valence-electron chi connectivity index (χ0n) is 22.5. The van der Waals surface area contributed by atoms with E-state index in [-0.39, 0.29) is 41.3 Å². The van der Waals surface area contributed by atoms with Crippen molar-refractivity contribution in [3.63, 3.8) is 0 Å². The first-order valence-electron chi connectivity index (χ1n) is 14.3. The molecule has 0 bridgehead atoms. The Labute approximate surface area is 214 Å². The number of ketones is 1. The number of carbonyl (C=O) groups is 2. The number of hydrogen-bond donors (Lipinski definition) is 1. The van der Waals surface area contributed by atoms with E-state index in [1.54, 1.807) is 0 Å². The second-order valence-electron chi connectivity index (χ2n) is 13.6. The third kappa shape index (κ3) is 3.20. The molecule has 4 aliphatic carbocycles. The highest BCUT2D eigenvalue weighted by atomic mass is 16.7. The van der Waals surface area contributed by atoms with Crippen molar-refractivity contribution in [1.29, 1.82) is 0 Å². The van der Waals surface area contributed by atoms with Gasteiger partial charge in [0.05, 0.1) is 12.7 Å². The fourth-order valence-electron chi connectivity index (χ4n) is 10.3. The molecular weight excluding hydrogens is 458 g/mol. The Morgan fingerprint density at radius 2 is 1.89 bits per heavy atom. The molecule has 7 heteroatoms. The third-order valence-corrected chi connectivity index (χ3v) is 12.0. The van der Waals surface area contributed by atoms with Crippen molar-refractivity contribution in [3.05, 3.63) is 0 Å². The Morgan fingerprint density at radius 3 is 2.61 bits per heavy atom. The highest BCUT2D eigenvalue weighted by Gasteiger charge is 2.73. The zero-order valence-corrected chi connectivity index (χ0v) is 22.5. The molecule has 0 aromatic rings. The van der Waals surface area contributed by atoms with Crippen LogP contribution in [0.5, 0.6) is 0 Å². The van der Waals surface area contributed by atoms with Gasteiger partial charge in [0.15, 0.2) is 0 Å². The molecule has 0 amide bonds. The average molecular weight is 502 g/mol. The van der Waals surface area contributed by atoms with Gasteiger partial charge in [-0.25, -0.2) is 0 Å². The van der Waals surface area contributed by atoms with Gasteiger partial charge in [-0.3, -0.25) is 9.59 Å². The second-order valence-corrected chi connectivity index (χ2v) is 13.6. The number of nitrogens with zero attached hydrogens (tertiary/aromatic N) is 1. The van der Waals surface area contributed by atoms with Crippen molar-refractivity contribution < 1.29 is 29.0 Å². The van der Waals surface area contributed by atoms with Crippen LogP contribution < -0.4 is 0 Å². The number of hydrogen-bond acceptors (Lipinski definition) is 7. The predicted molar refractivity (Wildman–Crippen MR) is 132 cm³/mol. The molecule has 200 valence electrons. The van der Waals surface area contributed by atoms with Gasteiger partial charge in [-0.05, 0) is 80.0 Å². The molecule has 6 rings (SSSR count). The standard InChI is InChI=1S/C29H43NO6/c1-15-10-24(30-33)29(34-14-15)16(2)26-23(36-29)12-22-20-7-6-18-11-19(35-17(3)31)8-9-27(18,4)21(20)13-25(32)28(22,26)5/h15-16,18-23,26,33H,6-14H2,1-5H3/b30-24-/t15-,16+,18+,19+,20-,21+,22+,23+,26+,27+,28-,29+/m1/s1. The van der Waals surface area contributed by atoms with Crippen LogP contribution in [0.1, 0.15) is 86.0 Å². The molecule has 2 saturated heterocycles. The molecule has 12 atom stereocenters. The minimum atomic E-state index is -1.000. The number of carbonyl (C=O) groups excluding carboxylic acids is 2. The summed E-state index contributed by atoms with van der Waals surface area (Å²) in [4.78, 5) is 25.8. The summed E-state index contributed by atoms with van der Waals surface area (Å²) in [6, 6.07) is 0. The van der Waals surface area contributed by atoms with Gasteiger partial charge in [0.25, 0.3) is 0 Å². The molecule has 6 fully saturated rings. The van der Waals surface area contributed by atoms with Crippen molar-refractivity contribution in [2.24, 2.45) is 57.4 Å². The first kappa shape index (κ1) is 24.8. The van der Waals surface area contributed by atoms with Crippen LogP contribution in [0.25, 0.3) is 0 Å². The van der Waals surface area contributed by atoms with Crippen LogP contribution in [-0.4, -0.2) is 47.3 Å². The van der Waals surface area contributed by atoms with Crippen LogP contribution in [0.4, 0.5) is 0 Å². The highest BCUT2D eigenvalue weighted by molar-refractivity contribution is 5.93. The van der Waals surface area contributed by atoms with E-state index >= 15 is 0 Å². The van der Waals surface area contributed by atoms with Crippen molar-refractivity contribution in [3.8, 4) is 0 Å². The molecule has 2 heterocycles. The van der Waals surface area contributed by atoms with E-state index in [1.165, 1.54) is 6.92 Å². The number of ether oxygens (including phenoxy) is 3. The van der Waals surface area contributed by atoms with Crippen molar-refractivity contribution >= 4 is 17.5 Å². The van der Waals surface area contributed by atoms with Gasteiger partial charge in [-0.2, -0.15) is 0 Å². The Kier molecular flexibility index (Phi) is 5.70. The highest BCUT2D eigenvalue weighted by Crippen LogP contribution is 2.70. The molecule has 0 unspecified atom stereocenters. The van der Waals surface area contributed by atoms with E-state index in [2.05, 4.69) is 32.9 Å². The minimum absolute atomic E-state index is 0.0264. The quantitative estimate of drug-likeness (QED) is 0.309. The van der Waals surface area contributed by atoms with E-state index in [1.807, 2.05) is 0 Å². The molecule has 1 N–H and O–H groups in total. The van der Waals surface area contributed by atoms with E-state index in [9.17, 15) is 14.8 Å². The van der Waals surface area contributed by atoms with Gasteiger partial charge in [-0.1, -0.05) is 32.9 Å². The van der Waals surface area contributed by atoms with E-state index in [0.29, 0.717) is 54.6 Å². The van der Waals surface area contributed by atoms with E-state index in [0.717, 1.165) is 38.5 Å². The Balaban J connectivity index is 1.27. The summed E-state index contributed by atoms with van der Waals surface area (Å²) >= 11 is 0. The second kappa shape index (κ2) is 8.26. The maximum Gasteiger partial charge on any atom is 0.302 e. The minimum Gasteiger partial charge on any atom is -0.463 e. The van der Waals surface area contributed by atoms with Gasteiger partial charge >= 0.3 is 5.97 Å².